The third-order valence-electron chi connectivity index (χ3n) is 5.05. The number of nitrogens with one attached hydrogen (secondary N) is 1. The van der Waals surface area contributed by atoms with Gasteiger partial charge >= 0.3 is 0 Å². The van der Waals surface area contributed by atoms with E-state index in [0.29, 0.717) is 41.2 Å². The number of fused-ring (bicyclic) bond motifs is 1. The first-order valence-electron chi connectivity index (χ1n) is 9.49. The molecule has 7 nitrogen and oxygen atoms in total. The number of H-pyrrole nitrogens is 1. The van der Waals surface area contributed by atoms with Crippen LogP contribution in [-0.4, -0.2) is 65.2 Å². The Balaban J connectivity index is 1.33. The van der Waals surface area contributed by atoms with E-state index in [1.54, 1.807) is 41.3 Å². The predicted molar refractivity (Wildman–Crippen MR) is 112 cm³/mol. The molecule has 1 aliphatic heterocycles. The van der Waals surface area contributed by atoms with E-state index in [1.165, 1.54) is 0 Å². The summed E-state index contributed by atoms with van der Waals surface area (Å²) in [4.78, 5) is 28.9. The van der Waals surface area contributed by atoms with E-state index in [9.17, 15) is 9.59 Å². The summed E-state index contributed by atoms with van der Waals surface area (Å²) in [6, 6.07) is 14.3. The van der Waals surface area contributed by atoms with Gasteiger partial charge in [-0.2, -0.15) is 5.10 Å². The van der Waals surface area contributed by atoms with Crippen molar-refractivity contribution in [2.75, 3.05) is 39.3 Å². The molecule has 8 heteroatoms. The summed E-state index contributed by atoms with van der Waals surface area (Å²) in [5, 5.41) is 8.19. The molecule has 0 radical (unpaired) electrons. The normalized spacial score (nSPS) is 14.9. The second kappa shape index (κ2) is 8.63. The Bertz CT molecular complexity index is 1060. The van der Waals surface area contributed by atoms with Crippen molar-refractivity contribution in [1.82, 2.24) is 20.0 Å². The van der Waals surface area contributed by atoms with Gasteiger partial charge < -0.3 is 9.64 Å². The van der Waals surface area contributed by atoms with Crippen LogP contribution >= 0.6 is 11.6 Å². The van der Waals surface area contributed by atoms with Gasteiger partial charge in [-0.25, -0.2) is 5.10 Å². The van der Waals surface area contributed by atoms with Gasteiger partial charge in [0.05, 0.1) is 5.39 Å². The van der Waals surface area contributed by atoms with Crippen LogP contribution in [0.2, 0.25) is 5.02 Å². The van der Waals surface area contributed by atoms with Crippen molar-refractivity contribution < 1.29 is 9.53 Å². The minimum absolute atomic E-state index is 0.158. The largest absolute Gasteiger partial charge is 0.492 e. The zero-order valence-electron chi connectivity index (χ0n) is 15.8. The van der Waals surface area contributed by atoms with Gasteiger partial charge in [-0.05, 0) is 30.3 Å². The van der Waals surface area contributed by atoms with Gasteiger partial charge in [0.15, 0.2) is 5.69 Å². The molecule has 1 aliphatic rings. The molecule has 1 saturated heterocycles. The first kappa shape index (κ1) is 19.4. The zero-order chi connectivity index (χ0) is 20.2. The highest BCUT2D eigenvalue weighted by molar-refractivity contribution is 6.30. The Hall–Kier alpha value is -2.90. The molecule has 3 aromatic rings. The average molecular weight is 413 g/mol. The van der Waals surface area contributed by atoms with Gasteiger partial charge in [0.25, 0.3) is 11.5 Å². The summed E-state index contributed by atoms with van der Waals surface area (Å²) in [5.74, 6) is 0.633. The molecule has 150 valence electrons. The molecular weight excluding hydrogens is 392 g/mol. The van der Waals surface area contributed by atoms with Crippen molar-refractivity contribution in [1.29, 1.82) is 0 Å². The number of carbonyl (C=O) groups excluding carboxylic acids is 1. The Morgan fingerprint density at radius 2 is 1.72 bits per heavy atom. The van der Waals surface area contributed by atoms with Crippen LogP contribution in [0.25, 0.3) is 10.8 Å². The number of benzene rings is 2. The molecule has 0 spiro atoms. The van der Waals surface area contributed by atoms with Crippen molar-refractivity contribution in [3.63, 3.8) is 0 Å². The van der Waals surface area contributed by atoms with E-state index in [-0.39, 0.29) is 11.5 Å². The second-order valence-electron chi connectivity index (χ2n) is 6.88. The summed E-state index contributed by atoms with van der Waals surface area (Å²) >= 11 is 5.87. The standard InChI is InChI=1S/C21H21ClN4O3/c22-15-5-7-16(8-6-15)29-14-13-25-9-11-26(12-10-25)21(28)19-17-3-1-2-4-18(17)20(27)24-23-19/h1-8H,9-14H2,(H,24,27). The predicted octanol–water partition coefficient (Wildman–Crippen LogP) is 2.41. The molecule has 0 atom stereocenters. The van der Waals surface area contributed by atoms with Crippen LogP contribution in [0.5, 0.6) is 5.75 Å². The lowest BCUT2D eigenvalue weighted by atomic mass is 10.1. The summed E-state index contributed by atoms with van der Waals surface area (Å²) in [7, 11) is 0. The summed E-state index contributed by atoms with van der Waals surface area (Å²) in [6.07, 6.45) is 0. The minimum atomic E-state index is -0.289. The number of hydrogen-bond acceptors (Lipinski definition) is 5. The first-order valence-corrected chi connectivity index (χ1v) is 9.87. The van der Waals surface area contributed by atoms with Crippen molar-refractivity contribution in [2.24, 2.45) is 0 Å². The van der Waals surface area contributed by atoms with E-state index in [2.05, 4.69) is 15.1 Å². The molecule has 0 saturated carbocycles. The Labute approximate surface area is 172 Å². The maximum atomic E-state index is 12.9. The molecule has 1 aromatic heterocycles. The molecule has 4 rings (SSSR count). The lowest BCUT2D eigenvalue weighted by Gasteiger charge is -2.34. The molecule has 0 unspecified atom stereocenters. The number of hydrogen-bond donors (Lipinski definition) is 1. The summed E-state index contributed by atoms with van der Waals surface area (Å²) in [5.41, 5.74) is 0.00220. The lowest BCUT2D eigenvalue weighted by molar-refractivity contribution is 0.0615. The topological polar surface area (TPSA) is 78.5 Å². The number of rotatable bonds is 5. The van der Waals surface area contributed by atoms with Crippen LogP contribution in [-0.2, 0) is 0 Å². The van der Waals surface area contributed by atoms with Crippen LogP contribution in [0.3, 0.4) is 0 Å². The monoisotopic (exact) mass is 412 g/mol. The lowest BCUT2D eigenvalue weighted by Crippen LogP contribution is -2.49. The number of ether oxygens (including phenoxy) is 1. The third-order valence-corrected chi connectivity index (χ3v) is 5.30. The maximum absolute atomic E-state index is 12.9. The Kier molecular flexibility index (Phi) is 5.78. The Morgan fingerprint density at radius 1 is 1.03 bits per heavy atom. The fourth-order valence-electron chi connectivity index (χ4n) is 3.43. The van der Waals surface area contributed by atoms with Crippen molar-refractivity contribution in [2.45, 2.75) is 0 Å². The van der Waals surface area contributed by atoms with E-state index >= 15 is 0 Å². The van der Waals surface area contributed by atoms with Gasteiger partial charge in [0.1, 0.15) is 12.4 Å². The number of aromatic amines is 1. The smallest absolute Gasteiger partial charge is 0.275 e. The van der Waals surface area contributed by atoms with Gasteiger partial charge in [-0.15, -0.1) is 0 Å². The molecule has 1 N–H and O–H groups in total. The number of carbonyl (C=O) groups is 1. The highest BCUT2D eigenvalue weighted by atomic mass is 35.5. The molecular formula is C21H21ClN4O3. The van der Waals surface area contributed by atoms with Crippen molar-refractivity contribution in [3.8, 4) is 5.75 Å². The number of amides is 1. The van der Waals surface area contributed by atoms with E-state index in [0.717, 1.165) is 25.4 Å². The molecule has 0 bridgehead atoms. The number of nitrogens with zero attached hydrogens (tertiary/aromatic N) is 3. The number of piperazine rings is 1. The second-order valence-corrected chi connectivity index (χ2v) is 7.32. The SMILES string of the molecule is O=C(c1n[nH]c(=O)c2ccccc12)N1CCN(CCOc2ccc(Cl)cc2)CC1. The van der Waals surface area contributed by atoms with E-state index in [1.807, 2.05) is 12.1 Å². The van der Waals surface area contributed by atoms with Crippen LogP contribution in [0.1, 0.15) is 10.5 Å². The molecule has 1 amide bonds. The van der Waals surface area contributed by atoms with Crippen LogP contribution in [0, 0.1) is 0 Å². The van der Waals surface area contributed by atoms with Crippen molar-refractivity contribution >= 4 is 28.3 Å². The summed E-state index contributed by atoms with van der Waals surface area (Å²) in [6.45, 7) is 4.09. The summed E-state index contributed by atoms with van der Waals surface area (Å²) < 4.78 is 5.74. The fraction of sp³-hybridized carbons (Fsp3) is 0.286. The van der Waals surface area contributed by atoms with Crippen LogP contribution in [0.4, 0.5) is 0 Å². The highest BCUT2D eigenvalue weighted by Gasteiger charge is 2.24. The highest BCUT2D eigenvalue weighted by Crippen LogP contribution is 2.17. The van der Waals surface area contributed by atoms with Crippen LogP contribution in [0.15, 0.2) is 53.3 Å². The zero-order valence-corrected chi connectivity index (χ0v) is 16.6. The van der Waals surface area contributed by atoms with Gasteiger partial charge in [0, 0.05) is 43.1 Å². The average Bonchev–Trinajstić information content (AvgIpc) is 2.76. The molecule has 29 heavy (non-hydrogen) atoms. The first-order chi connectivity index (χ1) is 14.1. The van der Waals surface area contributed by atoms with E-state index in [4.69, 9.17) is 16.3 Å². The van der Waals surface area contributed by atoms with Gasteiger partial charge in [-0.1, -0.05) is 29.8 Å². The molecule has 2 heterocycles. The molecule has 2 aromatic carbocycles. The Morgan fingerprint density at radius 3 is 2.45 bits per heavy atom. The fourth-order valence-corrected chi connectivity index (χ4v) is 3.55. The van der Waals surface area contributed by atoms with Crippen molar-refractivity contribution in [3.05, 3.63) is 69.6 Å². The molecule has 0 aliphatic carbocycles. The van der Waals surface area contributed by atoms with Gasteiger partial charge in [0.2, 0.25) is 0 Å². The minimum Gasteiger partial charge on any atom is -0.492 e. The van der Waals surface area contributed by atoms with E-state index < -0.39 is 0 Å². The van der Waals surface area contributed by atoms with Crippen LogP contribution < -0.4 is 10.3 Å². The number of aromatic nitrogens is 2. The number of halogens is 1. The van der Waals surface area contributed by atoms with Gasteiger partial charge in [-0.3, -0.25) is 14.5 Å². The maximum Gasteiger partial charge on any atom is 0.275 e. The molecule has 1 fully saturated rings. The third kappa shape index (κ3) is 4.41. The quantitative estimate of drug-likeness (QED) is 0.696.